The Morgan fingerprint density at radius 1 is 1.22 bits per heavy atom. The van der Waals surface area contributed by atoms with Crippen molar-refractivity contribution >= 4 is 17.5 Å². The number of hydrogen-bond donors (Lipinski definition) is 2. The second-order valence-electron chi connectivity index (χ2n) is 6.52. The highest BCUT2D eigenvalue weighted by atomic mass is 16.5. The van der Waals surface area contributed by atoms with Gasteiger partial charge in [0.25, 0.3) is 0 Å². The molecule has 0 atom stereocenters. The zero-order valence-electron chi connectivity index (χ0n) is 15.9. The van der Waals surface area contributed by atoms with Gasteiger partial charge in [-0.3, -0.25) is 0 Å². The lowest BCUT2D eigenvalue weighted by Gasteiger charge is -2.28. The van der Waals surface area contributed by atoms with E-state index in [1.165, 1.54) is 0 Å². The van der Waals surface area contributed by atoms with Gasteiger partial charge in [-0.15, -0.1) is 0 Å². The summed E-state index contributed by atoms with van der Waals surface area (Å²) >= 11 is 0. The van der Waals surface area contributed by atoms with Crippen LogP contribution >= 0.6 is 0 Å². The van der Waals surface area contributed by atoms with Gasteiger partial charge in [-0.1, -0.05) is 0 Å². The van der Waals surface area contributed by atoms with Crippen LogP contribution in [0.3, 0.4) is 0 Å². The largest absolute Gasteiger partial charge is 0.491 e. The van der Waals surface area contributed by atoms with E-state index in [0.717, 1.165) is 24.5 Å². The molecule has 2 heterocycles. The van der Waals surface area contributed by atoms with Gasteiger partial charge in [-0.2, -0.15) is 0 Å². The van der Waals surface area contributed by atoms with Gasteiger partial charge in [-0.05, 0) is 38.1 Å². The lowest BCUT2D eigenvalue weighted by Crippen LogP contribution is -2.37. The first-order valence-corrected chi connectivity index (χ1v) is 8.98. The highest BCUT2D eigenvalue weighted by Gasteiger charge is 2.18. The molecule has 8 heteroatoms. The standard InChI is InChI=1S/C19H25N5O3/c1-13(2)21-19(25)22-15-6-4-14(5-7-15)17-20-12-16(26-3)18(23-17)24-8-10-27-11-9-24/h4-7,12-13H,8-11H2,1-3H3,(H2,21,22,25). The maximum Gasteiger partial charge on any atom is 0.319 e. The van der Waals surface area contributed by atoms with Gasteiger partial charge in [0.15, 0.2) is 17.4 Å². The Morgan fingerprint density at radius 2 is 1.93 bits per heavy atom. The molecule has 27 heavy (non-hydrogen) atoms. The Hall–Kier alpha value is -2.87. The Bertz CT molecular complexity index is 773. The van der Waals surface area contributed by atoms with Crippen LogP contribution in [0.4, 0.5) is 16.3 Å². The molecule has 1 aromatic heterocycles. The lowest BCUT2D eigenvalue weighted by molar-refractivity contribution is 0.122. The number of rotatable bonds is 5. The van der Waals surface area contributed by atoms with E-state index in [1.807, 2.05) is 38.1 Å². The Kier molecular flexibility index (Phi) is 6.08. The van der Waals surface area contributed by atoms with E-state index in [2.05, 4.69) is 20.5 Å². The Balaban J connectivity index is 1.78. The van der Waals surface area contributed by atoms with Crippen molar-refractivity contribution in [1.82, 2.24) is 15.3 Å². The molecule has 2 amide bonds. The summed E-state index contributed by atoms with van der Waals surface area (Å²) in [5.41, 5.74) is 1.57. The molecule has 0 bridgehead atoms. The zero-order chi connectivity index (χ0) is 19.2. The fourth-order valence-electron chi connectivity index (χ4n) is 2.78. The SMILES string of the molecule is COc1cnc(-c2ccc(NC(=O)NC(C)C)cc2)nc1N1CCOCC1. The summed E-state index contributed by atoms with van der Waals surface area (Å²) in [6.45, 7) is 6.69. The van der Waals surface area contributed by atoms with E-state index in [-0.39, 0.29) is 12.1 Å². The van der Waals surface area contributed by atoms with Crippen LogP contribution in [-0.4, -0.2) is 55.5 Å². The number of methoxy groups -OCH3 is 1. The van der Waals surface area contributed by atoms with Crippen LogP contribution in [0.15, 0.2) is 30.5 Å². The second kappa shape index (κ2) is 8.68. The number of nitrogens with zero attached hydrogens (tertiary/aromatic N) is 3. The normalized spacial score (nSPS) is 14.1. The summed E-state index contributed by atoms with van der Waals surface area (Å²) in [5.74, 6) is 2.02. The van der Waals surface area contributed by atoms with Crippen molar-refractivity contribution in [2.45, 2.75) is 19.9 Å². The number of nitrogens with one attached hydrogen (secondary N) is 2. The van der Waals surface area contributed by atoms with Gasteiger partial charge in [0.1, 0.15) is 0 Å². The van der Waals surface area contributed by atoms with E-state index in [4.69, 9.17) is 14.5 Å². The number of aromatic nitrogens is 2. The third-order valence-electron chi connectivity index (χ3n) is 4.09. The number of hydrogen-bond acceptors (Lipinski definition) is 6. The van der Waals surface area contributed by atoms with Crippen molar-refractivity contribution in [2.24, 2.45) is 0 Å². The summed E-state index contributed by atoms with van der Waals surface area (Å²) < 4.78 is 10.8. The fraction of sp³-hybridized carbons (Fsp3) is 0.421. The number of anilines is 2. The predicted molar refractivity (Wildman–Crippen MR) is 104 cm³/mol. The van der Waals surface area contributed by atoms with E-state index in [1.54, 1.807) is 13.3 Å². The quantitative estimate of drug-likeness (QED) is 0.840. The van der Waals surface area contributed by atoms with Crippen molar-refractivity contribution in [3.05, 3.63) is 30.5 Å². The van der Waals surface area contributed by atoms with Crippen LogP contribution in [0.5, 0.6) is 5.75 Å². The van der Waals surface area contributed by atoms with Gasteiger partial charge in [-0.25, -0.2) is 14.8 Å². The molecule has 1 aromatic carbocycles. The van der Waals surface area contributed by atoms with E-state index >= 15 is 0 Å². The summed E-state index contributed by atoms with van der Waals surface area (Å²) in [5, 5.41) is 5.59. The van der Waals surface area contributed by atoms with Gasteiger partial charge in [0.2, 0.25) is 0 Å². The summed E-state index contributed by atoms with van der Waals surface area (Å²) in [6.07, 6.45) is 1.69. The van der Waals surface area contributed by atoms with Gasteiger partial charge >= 0.3 is 6.03 Å². The third-order valence-corrected chi connectivity index (χ3v) is 4.09. The zero-order valence-corrected chi connectivity index (χ0v) is 15.9. The number of carbonyl (C=O) groups is 1. The maximum atomic E-state index is 11.8. The highest BCUT2D eigenvalue weighted by Crippen LogP contribution is 2.29. The molecule has 1 fully saturated rings. The van der Waals surface area contributed by atoms with Crippen molar-refractivity contribution in [3.63, 3.8) is 0 Å². The topological polar surface area (TPSA) is 88.6 Å². The molecule has 2 N–H and O–H groups in total. The monoisotopic (exact) mass is 371 g/mol. The van der Waals surface area contributed by atoms with Crippen molar-refractivity contribution < 1.29 is 14.3 Å². The molecule has 0 saturated carbocycles. The smallest absolute Gasteiger partial charge is 0.319 e. The van der Waals surface area contributed by atoms with Gasteiger partial charge in [0.05, 0.1) is 26.5 Å². The van der Waals surface area contributed by atoms with E-state index in [0.29, 0.717) is 30.5 Å². The van der Waals surface area contributed by atoms with Crippen LogP contribution in [0.1, 0.15) is 13.8 Å². The molecule has 0 radical (unpaired) electrons. The molecule has 2 aromatic rings. The van der Waals surface area contributed by atoms with Crippen LogP contribution in [-0.2, 0) is 4.74 Å². The average Bonchev–Trinajstić information content (AvgIpc) is 2.68. The first-order valence-electron chi connectivity index (χ1n) is 8.98. The minimum Gasteiger partial charge on any atom is -0.491 e. The molecule has 0 unspecified atom stereocenters. The molecule has 0 spiro atoms. The molecular formula is C19H25N5O3. The van der Waals surface area contributed by atoms with Crippen LogP contribution in [0, 0.1) is 0 Å². The minimum absolute atomic E-state index is 0.0792. The molecule has 1 aliphatic heterocycles. The van der Waals surface area contributed by atoms with Crippen LogP contribution in [0.25, 0.3) is 11.4 Å². The molecule has 3 rings (SSSR count). The van der Waals surface area contributed by atoms with Gasteiger partial charge in [0, 0.05) is 30.4 Å². The maximum absolute atomic E-state index is 11.8. The van der Waals surface area contributed by atoms with E-state index in [9.17, 15) is 4.79 Å². The number of urea groups is 1. The van der Waals surface area contributed by atoms with Crippen molar-refractivity contribution in [1.29, 1.82) is 0 Å². The third kappa shape index (κ3) is 4.85. The molecule has 0 aliphatic carbocycles. The van der Waals surface area contributed by atoms with Gasteiger partial charge < -0.3 is 25.0 Å². The Labute approximate surface area is 158 Å². The molecule has 8 nitrogen and oxygen atoms in total. The number of carbonyl (C=O) groups excluding carboxylic acids is 1. The summed E-state index contributed by atoms with van der Waals surface area (Å²) in [6, 6.07) is 7.28. The van der Waals surface area contributed by atoms with Crippen molar-refractivity contribution in [3.8, 4) is 17.1 Å². The minimum atomic E-state index is -0.229. The fourth-order valence-corrected chi connectivity index (χ4v) is 2.78. The predicted octanol–water partition coefficient (Wildman–Crippen LogP) is 2.52. The second-order valence-corrected chi connectivity index (χ2v) is 6.52. The van der Waals surface area contributed by atoms with Crippen molar-refractivity contribution in [2.75, 3.05) is 43.6 Å². The molecule has 1 aliphatic rings. The van der Waals surface area contributed by atoms with E-state index < -0.39 is 0 Å². The lowest BCUT2D eigenvalue weighted by atomic mass is 10.2. The molecule has 144 valence electrons. The summed E-state index contributed by atoms with van der Waals surface area (Å²) in [7, 11) is 1.62. The highest BCUT2D eigenvalue weighted by molar-refractivity contribution is 5.89. The number of ether oxygens (including phenoxy) is 2. The summed E-state index contributed by atoms with van der Waals surface area (Å²) in [4.78, 5) is 23.0. The first-order chi connectivity index (χ1) is 13.1. The molecular weight excluding hydrogens is 346 g/mol. The van der Waals surface area contributed by atoms with Crippen LogP contribution < -0.4 is 20.3 Å². The molecule has 1 saturated heterocycles. The number of morpholine rings is 1. The number of benzene rings is 1. The number of amides is 2. The average molecular weight is 371 g/mol. The Morgan fingerprint density at radius 3 is 2.56 bits per heavy atom. The van der Waals surface area contributed by atoms with Crippen LogP contribution in [0.2, 0.25) is 0 Å². The first kappa shape index (κ1) is 18.9.